The van der Waals surface area contributed by atoms with Gasteiger partial charge in [-0.1, -0.05) is 19.8 Å². The fraction of sp³-hybridized carbons (Fsp3) is 0.538. The van der Waals surface area contributed by atoms with Gasteiger partial charge in [-0.15, -0.1) is 0 Å². The highest BCUT2D eigenvalue weighted by atomic mass is 79.9. The normalized spacial score (nSPS) is 24.4. The Morgan fingerprint density at radius 3 is 3.00 bits per heavy atom. The van der Waals surface area contributed by atoms with Crippen molar-refractivity contribution in [3.63, 3.8) is 0 Å². The summed E-state index contributed by atoms with van der Waals surface area (Å²) < 4.78 is 0.835. The first-order chi connectivity index (χ1) is 8.15. The Balaban J connectivity index is 1.97. The molecule has 0 bridgehead atoms. The average Bonchev–Trinajstić information content (AvgIpc) is 2.29. The van der Waals surface area contributed by atoms with E-state index < -0.39 is 0 Å². The van der Waals surface area contributed by atoms with Crippen LogP contribution in [0.4, 0.5) is 0 Å². The molecule has 0 unspecified atom stereocenters. The van der Waals surface area contributed by atoms with Gasteiger partial charge in [-0.05, 0) is 40.8 Å². The molecule has 1 fully saturated rings. The number of rotatable bonds is 2. The standard InChI is InChI=1S/C13H17BrN2O/c1-9-3-2-4-12(5-9)16-13(17)10-6-11(14)8-15-7-10/h6-9,12H,2-5H2,1H3,(H,16,17)/t9-,12-/m1/s1. The zero-order chi connectivity index (χ0) is 12.3. The summed E-state index contributed by atoms with van der Waals surface area (Å²) >= 11 is 3.32. The van der Waals surface area contributed by atoms with Gasteiger partial charge in [-0.3, -0.25) is 9.78 Å². The number of pyridine rings is 1. The largest absolute Gasteiger partial charge is 0.349 e. The van der Waals surface area contributed by atoms with E-state index in [1.807, 2.05) is 0 Å². The predicted molar refractivity (Wildman–Crippen MR) is 70.8 cm³/mol. The van der Waals surface area contributed by atoms with E-state index in [2.05, 4.69) is 33.2 Å². The number of hydrogen-bond donors (Lipinski definition) is 1. The van der Waals surface area contributed by atoms with Crippen molar-refractivity contribution in [1.82, 2.24) is 10.3 Å². The summed E-state index contributed by atoms with van der Waals surface area (Å²) in [6.07, 6.45) is 7.96. The molecule has 1 aliphatic rings. The minimum Gasteiger partial charge on any atom is -0.349 e. The highest BCUT2D eigenvalue weighted by molar-refractivity contribution is 9.10. The van der Waals surface area contributed by atoms with Crippen LogP contribution in [0.5, 0.6) is 0 Å². The molecule has 17 heavy (non-hydrogen) atoms. The fourth-order valence-corrected chi connectivity index (χ4v) is 2.73. The Morgan fingerprint density at radius 2 is 2.29 bits per heavy atom. The number of aromatic nitrogens is 1. The molecule has 1 amide bonds. The van der Waals surface area contributed by atoms with Crippen LogP contribution in [0.15, 0.2) is 22.9 Å². The maximum absolute atomic E-state index is 12.0. The molecule has 1 heterocycles. The van der Waals surface area contributed by atoms with E-state index in [0.717, 1.165) is 23.2 Å². The Hall–Kier alpha value is -0.900. The van der Waals surface area contributed by atoms with E-state index in [1.54, 1.807) is 18.5 Å². The SMILES string of the molecule is C[C@@H]1CCC[C@@H](NC(=O)c2cncc(Br)c2)C1. The number of hydrogen-bond acceptors (Lipinski definition) is 2. The monoisotopic (exact) mass is 296 g/mol. The molecule has 1 saturated carbocycles. The molecule has 1 N–H and O–H groups in total. The molecule has 3 nitrogen and oxygen atoms in total. The first kappa shape index (κ1) is 12.6. The first-order valence-electron chi connectivity index (χ1n) is 6.06. The molecule has 0 aromatic carbocycles. The van der Waals surface area contributed by atoms with Gasteiger partial charge in [0.05, 0.1) is 5.56 Å². The molecule has 4 heteroatoms. The summed E-state index contributed by atoms with van der Waals surface area (Å²) in [6, 6.07) is 2.12. The van der Waals surface area contributed by atoms with Crippen molar-refractivity contribution in [2.45, 2.75) is 38.6 Å². The topological polar surface area (TPSA) is 42.0 Å². The molecule has 1 aromatic rings. The van der Waals surface area contributed by atoms with Gasteiger partial charge >= 0.3 is 0 Å². The average molecular weight is 297 g/mol. The van der Waals surface area contributed by atoms with Crippen molar-refractivity contribution in [2.24, 2.45) is 5.92 Å². The van der Waals surface area contributed by atoms with Crippen molar-refractivity contribution < 1.29 is 4.79 Å². The van der Waals surface area contributed by atoms with Gasteiger partial charge in [-0.2, -0.15) is 0 Å². The van der Waals surface area contributed by atoms with E-state index in [9.17, 15) is 4.79 Å². The lowest BCUT2D eigenvalue weighted by molar-refractivity contribution is 0.0921. The maximum Gasteiger partial charge on any atom is 0.253 e. The van der Waals surface area contributed by atoms with Crippen molar-refractivity contribution in [3.05, 3.63) is 28.5 Å². The quantitative estimate of drug-likeness (QED) is 0.911. The van der Waals surface area contributed by atoms with Crippen LogP contribution in [-0.2, 0) is 0 Å². The second-order valence-electron chi connectivity index (χ2n) is 4.83. The van der Waals surface area contributed by atoms with Gasteiger partial charge in [0.25, 0.3) is 5.91 Å². The summed E-state index contributed by atoms with van der Waals surface area (Å²) in [5.74, 6) is 0.701. The third-order valence-electron chi connectivity index (χ3n) is 3.24. The molecule has 92 valence electrons. The summed E-state index contributed by atoms with van der Waals surface area (Å²) in [5, 5.41) is 3.09. The van der Waals surface area contributed by atoms with Crippen molar-refractivity contribution in [1.29, 1.82) is 0 Å². The zero-order valence-corrected chi connectivity index (χ0v) is 11.5. The smallest absolute Gasteiger partial charge is 0.253 e. The minimum atomic E-state index is -0.0158. The lowest BCUT2D eigenvalue weighted by Crippen LogP contribution is -2.38. The van der Waals surface area contributed by atoms with E-state index in [4.69, 9.17) is 0 Å². The Labute approximate surface area is 110 Å². The molecular formula is C13H17BrN2O. The molecule has 0 spiro atoms. The van der Waals surface area contributed by atoms with Crippen LogP contribution in [0.3, 0.4) is 0 Å². The summed E-state index contributed by atoms with van der Waals surface area (Å²) in [6.45, 7) is 2.25. The van der Waals surface area contributed by atoms with Gasteiger partial charge < -0.3 is 5.32 Å². The molecule has 0 aliphatic heterocycles. The third-order valence-corrected chi connectivity index (χ3v) is 3.67. The van der Waals surface area contributed by atoms with Gasteiger partial charge in [0.2, 0.25) is 0 Å². The summed E-state index contributed by atoms with van der Waals surface area (Å²) in [5.41, 5.74) is 0.623. The van der Waals surface area contributed by atoms with Crippen molar-refractivity contribution >= 4 is 21.8 Å². The van der Waals surface area contributed by atoms with Crippen LogP contribution in [0.1, 0.15) is 43.0 Å². The van der Waals surface area contributed by atoms with Crippen LogP contribution < -0.4 is 5.32 Å². The molecular weight excluding hydrogens is 280 g/mol. The first-order valence-corrected chi connectivity index (χ1v) is 6.86. The number of nitrogens with one attached hydrogen (secondary N) is 1. The number of amides is 1. The fourth-order valence-electron chi connectivity index (χ4n) is 2.37. The number of carbonyl (C=O) groups excluding carboxylic acids is 1. The molecule has 1 aromatic heterocycles. The lowest BCUT2D eigenvalue weighted by atomic mass is 9.87. The van der Waals surface area contributed by atoms with E-state index in [-0.39, 0.29) is 5.91 Å². The molecule has 0 radical (unpaired) electrons. The molecule has 2 atom stereocenters. The minimum absolute atomic E-state index is 0.0158. The number of carbonyl (C=O) groups is 1. The highest BCUT2D eigenvalue weighted by Gasteiger charge is 2.20. The van der Waals surface area contributed by atoms with Gasteiger partial charge in [-0.25, -0.2) is 0 Å². The van der Waals surface area contributed by atoms with Gasteiger partial charge in [0.1, 0.15) is 0 Å². The second-order valence-corrected chi connectivity index (χ2v) is 5.75. The molecule has 2 rings (SSSR count). The van der Waals surface area contributed by atoms with Crippen LogP contribution in [0, 0.1) is 5.92 Å². The Morgan fingerprint density at radius 1 is 1.47 bits per heavy atom. The van der Waals surface area contributed by atoms with Crippen molar-refractivity contribution in [2.75, 3.05) is 0 Å². The van der Waals surface area contributed by atoms with Crippen molar-refractivity contribution in [3.8, 4) is 0 Å². The lowest BCUT2D eigenvalue weighted by Gasteiger charge is -2.27. The van der Waals surface area contributed by atoms with Gasteiger partial charge in [0, 0.05) is 22.9 Å². The maximum atomic E-state index is 12.0. The van der Waals surface area contributed by atoms with E-state index in [0.29, 0.717) is 11.6 Å². The van der Waals surface area contributed by atoms with Crippen LogP contribution in [0.25, 0.3) is 0 Å². The zero-order valence-electron chi connectivity index (χ0n) is 9.95. The molecule has 0 saturated heterocycles. The van der Waals surface area contributed by atoms with Crippen LogP contribution in [-0.4, -0.2) is 16.9 Å². The highest BCUT2D eigenvalue weighted by Crippen LogP contribution is 2.23. The third kappa shape index (κ3) is 3.53. The Kier molecular flexibility index (Phi) is 4.15. The van der Waals surface area contributed by atoms with Gasteiger partial charge in [0.15, 0.2) is 0 Å². The van der Waals surface area contributed by atoms with Crippen LogP contribution in [0.2, 0.25) is 0 Å². The molecule has 1 aliphatic carbocycles. The van der Waals surface area contributed by atoms with Crippen LogP contribution >= 0.6 is 15.9 Å². The van der Waals surface area contributed by atoms with E-state index in [1.165, 1.54) is 12.8 Å². The number of halogens is 1. The second kappa shape index (κ2) is 5.63. The summed E-state index contributed by atoms with van der Waals surface area (Å²) in [4.78, 5) is 16.0. The number of nitrogens with zero attached hydrogens (tertiary/aromatic N) is 1. The predicted octanol–water partition coefficient (Wildman–Crippen LogP) is 3.15. The summed E-state index contributed by atoms with van der Waals surface area (Å²) in [7, 11) is 0. The Bertz CT molecular complexity index is 408. The van der Waals surface area contributed by atoms with E-state index >= 15 is 0 Å².